The van der Waals surface area contributed by atoms with Crippen LogP contribution in [0.25, 0.3) is 0 Å². The average molecular weight is 519 g/mol. The van der Waals surface area contributed by atoms with Crippen molar-refractivity contribution in [1.29, 1.82) is 0 Å². The molecule has 38 heavy (non-hydrogen) atoms. The van der Waals surface area contributed by atoms with E-state index in [0.29, 0.717) is 28.2 Å². The molecule has 1 heterocycles. The normalized spacial score (nSPS) is 12.4. The lowest BCUT2D eigenvalue weighted by Gasteiger charge is -2.30. The molecule has 0 amide bonds. The fourth-order valence-corrected chi connectivity index (χ4v) is 4.03. The van der Waals surface area contributed by atoms with Crippen molar-refractivity contribution in [2.75, 3.05) is 0 Å². The standard InChI is InChI=1S/C29H26O9/c1-14(2)28(34)36-17-6-9-20-23(12-17)38-24-13-18(37-29(35)15(3)4)7-10-21(24)25(20)19-8-5-16(26(30)31)11-22(19)27(32)33/h5-15,25H,1-4H3,(H,30,31)(H,32,33). The molecule has 0 saturated heterocycles. The van der Waals surface area contributed by atoms with Gasteiger partial charge in [0.05, 0.1) is 23.0 Å². The number of aromatic carboxylic acids is 2. The highest BCUT2D eigenvalue weighted by molar-refractivity contribution is 5.95. The first-order valence-corrected chi connectivity index (χ1v) is 12.0. The Balaban J connectivity index is 1.88. The van der Waals surface area contributed by atoms with E-state index in [1.807, 2.05) is 0 Å². The lowest BCUT2D eigenvalue weighted by Crippen LogP contribution is -2.18. The summed E-state index contributed by atoms with van der Waals surface area (Å²) < 4.78 is 17.0. The van der Waals surface area contributed by atoms with E-state index >= 15 is 0 Å². The predicted molar refractivity (Wildman–Crippen MR) is 135 cm³/mol. The second-order valence-corrected chi connectivity index (χ2v) is 9.50. The van der Waals surface area contributed by atoms with Gasteiger partial charge in [0.25, 0.3) is 0 Å². The fraction of sp³-hybridized carbons (Fsp3) is 0.241. The number of esters is 2. The van der Waals surface area contributed by atoms with Crippen molar-refractivity contribution in [3.05, 3.63) is 82.4 Å². The number of hydrogen-bond donors (Lipinski definition) is 2. The van der Waals surface area contributed by atoms with Crippen molar-refractivity contribution in [2.45, 2.75) is 33.6 Å². The highest BCUT2D eigenvalue weighted by atomic mass is 16.5. The second-order valence-electron chi connectivity index (χ2n) is 9.50. The molecule has 0 unspecified atom stereocenters. The Bertz CT molecular complexity index is 1380. The zero-order chi connectivity index (χ0) is 27.7. The second kappa shape index (κ2) is 10.4. The topological polar surface area (TPSA) is 136 Å². The molecule has 0 bridgehead atoms. The monoisotopic (exact) mass is 518 g/mol. The number of carbonyl (C=O) groups is 4. The molecule has 0 aliphatic carbocycles. The Kier molecular flexibility index (Phi) is 7.21. The third-order valence-corrected chi connectivity index (χ3v) is 6.03. The van der Waals surface area contributed by atoms with Crippen molar-refractivity contribution >= 4 is 23.9 Å². The quantitative estimate of drug-likeness (QED) is 0.240. The molecule has 4 rings (SSSR count). The van der Waals surface area contributed by atoms with Crippen molar-refractivity contribution in [3.63, 3.8) is 0 Å². The first-order valence-electron chi connectivity index (χ1n) is 12.0. The van der Waals surface area contributed by atoms with Gasteiger partial charge in [-0.05, 0) is 29.8 Å². The highest BCUT2D eigenvalue weighted by Gasteiger charge is 2.33. The molecular weight excluding hydrogens is 492 g/mol. The lowest BCUT2D eigenvalue weighted by molar-refractivity contribution is -0.138. The summed E-state index contributed by atoms with van der Waals surface area (Å²) in [7, 11) is 0. The van der Waals surface area contributed by atoms with Gasteiger partial charge >= 0.3 is 23.9 Å². The van der Waals surface area contributed by atoms with Crippen molar-refractivity contribution in [2.24, 2.45) is 11.8 Å². The van der Waals surface area contributed by atoms with Crippen LogP contribution in [0.5, 0.6) is 23.0 Å². The summed E-state index contributed by atoms with van der Waals surface area (Å²) in [6.07, 6.45) is 0. The minimum atomic E-state index is -1.29. The largest absolute Gasteiger partial charge is 0.478 e. The van der Waals surface area contributed by atoms with Crippen LogP contribution in [-0.2, 0) is 9.59 Å². The Hall–Kier alpha value is -4.66. The van der Waals surface area contributed by atoms with E-state index in [2.05, 4.69) is 0 Å². The van der Waals surface area contributed by atoms with Crippen LogP contribution in [-0.4, -0.2) is 34.1 Å². The van der Waals surface area contributed by atoms with Crippen LogP contribution in [0.1, 0.15) is 71.0 Å². The van der Waals surface area contributed by atoms with Crippen molar-refractivity contribution in [3.8, 4) is 23.0 Å². The molecule has 9 heteroatoms. The van der Waals surface area contributed by atoms with Gasteiger partial charge in [-0.3, -0.25) is 9.59 Å². The molecule has 0 aromatic heterocycles. The summed E-state index contributed by atoms with van der Waals surface area (Å²) in [5.41, 5.74) is 1.16. The average Bonchev–Trinajstić information content (AvgIpc) is 2.86. The number of carboxylic acids is 2. The maximum Gasteiger partial charge on any atom is 0.336 e. The SMILES string of the molecule is CC(C)C(=O)Oc1ccc2c(c1)Oc1cc(OC(=O)C(C)C)ccc1C2c1ccc(C(=O)O)cc1C(=O)O. The number of benzene rings is 3. The Morgan fingerprint density at radius 2 is 1.16 bits per heavy atom. The van der Waals surface area contributed by atoms with E-state index in [1.54, 1.807) is 52.0 Å². The minimum absolute atomic E-state index is 0.162. The van der Waals surface area contributed by atoms with Crippen molar-refractivity contribution < 1.29 is 43.6 Å². The maximum absolute atomic E-state index is 12.2. The molecule has 196 valence electrons. The Morgan fingerprint density at radius 3 is 1.58 bits per heavy atom. The molecular formula is C29H26O9. The number of carboxylic acid groups (broad SMARTS) is 2. The van der Waals surface area contributed by atoms with Gasteiger partial charge in [0.2, 0.25) is 0 Å². The molecule has 0 fully saturated rings. The summed E-state index contributed by atoms with van der Waals surface area (Å²) in [6, 6.07) is 13.5. The first kappa shape index (κ1) is 26.4. The van der Waals surface area contributed by atoms with Gasteiger partial charge in [0.15, 0.2) is 0 Å². The van der Waals surface area contributed by atoms with Gasteiger partial charge in [-0.15, -0.1) is 0 Å². The van der Waals surface area contributed by atoms with Gasteiger partial charge in [0.1, 0.15) is 23.0 Å². The number of rotatable bonds is 7. The van der Waals surface area contributed by atoms with Crippen LogP contribution in [0, 0.1) is 11.8 Å². The van der Waals surface area contributed by atoms with Gasteiger partial charge in [-0.25, -0.2) is 9.59 Å². The molecule has 0 atom stereocenters. The number of hydrogen-bond acceptors (Lipinski definition) is 7. The molecule has 3 aromatic carbocycles. The van der Waals surface area contributed by atoms with Crippen LogP contribution in [0.15, 0.2) is 54.6 Å². The smallest absolute Gasteiger partial charge is 0.336 e. The zero-order valence-electron chi connectivity index (χ0n) is 21.2. The summed E-state index contributed by atoms with van der Waals surface area (Å²) in [6.45, 7) is 6.82. The summed E-state index contributed by atoms with van der Waals surface area (Å²) in [5.74, 6) is -3.69. The van der Waals surface area contributed by atoms with E-state index < -0.39 is 29.8 Å². The molecule has 0 spiro atoms. The minimum Gasteiger partial charge on any atom is -0.478 e. The van der Waals surface area contributed by atoms with Crippen LogP contribution in [0.3, 0.4) is 0 Å². The predicted octanol–water partition coefficient (Wildman–Crippen LogP) is 5.49. The van der Waals surface area contributed by atoms with Gasteiger partial charge in [-0.1, -0.05) is 45.9 Å². The fourth-order valence-electron chi connectivity index (χ4n) is 4.03. The van der Waals surface area contributed by atoms with E-state index in [-0.39, 0.29) is 34.5 Å². The van der Waals surface area contributed by atoms with E-state index in [4.69, 9.17) is 14.2 Å². The molecule has 3 aromatic rings. The maximum atomic E-state index is 12.2. The summed E-state index contributed by atoms with van der Waals surface area (Å²) in [4.78, 5) is 48.0. The lowest BCUT2D eigenvalue weighted by atomic mass is 9.80. The number of carbonyl (C=O) groups excluding carboxylic acids is 2. The van der Waals surface area contributed by atoms with E-state index in [0.717, 1.165) is 6.07 Å². The molecule has 0 saturated carbocycles. The van der Waals surface area contributed by atoms with Gasteiger partial charge < -0.3 is 24.4 Å². The van der Waals surface area contributed by atoms with Crippen LogP contribution >= 0.6 is 0 Å². The zero-order valence-corrected chi connectivity index (χ0v) is 21.2. The number of ether oxygens (including phenoxy) is 3. The molecule has 1 aliphatic heterocycles. The number of fused-ring (bicyclic) bond motifs is 2. The highest BCUT2D eigenvalue weighted by Crippen LogP contribution is 2.50. The summed E-state index contributed by atoms with van der Waals surface area (Å²) in [5, 5.41) is 19.3. The third kappa shape index (κ3) is 5.22. The summed E-state index contributed by atoms with van der Waals surface area (Å²) >= 11 is 0. The van der Waals surface area contributed by atoms with Gasteiger partial charge in [0, 0.05) is 29.2 Å². The van der Waals surface area contributed by atoms with Crippen LogP contribution in [0.4, 0.5) is 0 Å². The van der Waals surface area contributed by atoms with Gasteiger partial charge in [-0.2, -0.15) is 0 Å². The van der Waals surface area contributed by atoms with Crippen molar-refractivity contribution in [1.82, 2.24) is 0 Å². The molecule has 9 nitrogen and oxygen atoms in total. The van der Waals surface area contributed by atoms with Crippen LogP contribution < -0.4 is 14.2 Å². The third-order valence-electron chi connectivity index (χ3n) is 6.03. The molecule has 0 radical (unpaired) electrons. The van der Waals surface area contributed by atoms with E-state index in [1.165, 1.54) is 24.3 Å². The van der Waals surface area contributed by atoms with E-state index in [9.17, 15) is 29.4 Å². The Morgan fingerprint density at radius 1 is 0.684 bits per heavy atom. The molecule has 2 N–H and O–H groups in total. The Labute approximate surface area is 218 Å². The molecule has 1 aliphatic rings. The first-order chi connectivity index (χ1) is 18.0. The van der Waals surface area contributed by atoms with Crippen LogP contribution in [0.2, 0.25) is 0 Å².